The molecule has 1 saturated carbocycles. The van der Waals surface area contributed by atoms with Crippen molar-refractivity contribution in [1.29, 1.82) is 0 Å². The summed E-state index contributed by atoms with van der Waals surface area (Å²) in [5.41, 5.74) is 4.17. The molecule has 1 aromatic heterocycles. The van der Waals surface area contributed by atoms with Crippen LogP contribution in [0, 0.1) is 13.8 Å². The third-order valence-electron chi connectivity index (χ3n) is 5.75. The maximum atomic E-state index is 13.4. The van der Waals surface area contributed by atoms with E-state index in [1.165, 1.54) is 12.1 Å². The minimum absolute atomic E-state index is 0.120. The molecule has 0 bridgehead atoms. The van der Waals surface area contributed by atoms with Crippen molar-refractivity contribution >= 4 is 11.8 Å². The van der Waals surface area contributed by atoms with Gasteiger partial charge >= 0.3 is 6.18 Å². The predicted octanol–water partition coefficient (Wildman–Crippen LogP) is 4.59. The number of carbonyl (C=O) groups is 2. The molecule has 1 aliphatic rings. The lowest BCUT2D eigenvalue weighted by molar-refractivity contribution is -0.123. The van der Waals surface area contributed by atoms with Gasteiger partial charge in [0, 0.05) is 18.2 Å². The van der Waals surface area contributed by atoms with Gasteiger partial charge in [-0.25, -0.2) is 4.68 Å². The van der Waals surface area contributed by atoms with Crippen LogP contribution in [0.1, 0.15) is 50.4 Å². The second kappa shape index (κ2) is 9.32. The van der Waals surface area contributed by atoms with Gasteiger partial charge < -0.3 is 10.2 Å². The number of hydrogen-bond donors (Lipinski definition) is 1. The van der Waals surface area contributed by atoms with Crippen molar-refractivity contribution in [2.75, 3.05) is 6.54 Å². The van der Waals surface area contributed by atoms with E-state index < -0.39 is 18.6 Å². The third kappa shape index (κ3) is 5.47. The molecular weight excluding hydrogens is 445 g/mol. The van der Waals surface area contributed by atoms with E-state index in [0.29, 0.717) is 12.1 Å². The zero-order valence-electron chi connectivity index (χ0n) is 18.9. The maximum Gasteiger partial charge on any atom is 0.405 e. The van der Waals surface area contributed by atoms with E-state index in [1.807, 2.05) is 43.4 Å². The average molecular weight is 470 g/mol. The molecule has 0 spiro atoms. The van der Waals surface area contributed by atoms with Crippen LogP contribution in [0.4, 0.5) is 13.2 Å². The van der Waals surface area contributed by atoms with Gasteiger partial charge in [-0.3, -0.25) is 9.59 Å². The highest BCUT2D eigenvalue weighted by Crippen LogP contribution is 2.31. The van der Waals surface area contributed by atoms with Crippen LogP contribution in [0.2, 0.25) is 0 Å². The predicted molar refractivity (Wildman–Crippen MR) is 121 cm³/mol. The van der Waals surface area contributed by atoms with Crippen LogP contribution in [0.15, 0.2) is 54.7 Å². The Morgan fingerprint density at radius 3 is 2.44 bits per heavy atom. The minimum atomic E-state index is -4.47. The molecule has 1 heterocycles. The Balaban J connectivity index is 1.48. The average Bonchev–Trinajstić information content (AvgIpc) is 3.56. The fraction of sp³-hybridized carbons (Fsp3) is 0.320. The molecule has 0 saturated heterocycles. The SMILES string of the molecule is Cc1cccc(-n2ncc(C(=O)N(Cc3ccc(C(=O)NCC(F)(F)F)cc3)C3CC3)c2C)c1. The summed E-state index contributed by atoms with van der Waals surface area (Å²) >= 11 is 0. The largest absolute Gasteiger partial charge is 0.405 e. The highest BCUT2D eigenvalue weighted by atomic mass is 19.4. The molecule has 2 amide bonds. The van der Waals surface area contributed by atoms with Crippen molar-refractivity contribution in [3.8, 4) is 5.69 Å². The highest BCUT2D eigenvalue weighted by molar-refractivity contribution is 5.96. The summed E-state index contributed by atoms with van der Waals surface area (Å²) in [5.74, 6) is -0.913. The molecule has 0 radical (unpaired) electrons. The summed E-state index contributed by atoms with van der Waals surface area (Å²) < 4.78 is 38.7. The van der Waals surface area contributed by atoms with E-state index in [0.717, 1.165) is 35.3 Å². The number of amides is 2. The number of alkyl halides is 3. The van der Waals surface area contributed by atoms with E-state index in [2.05, 4.69) is 5.10 Å². The summed E-state index contributed by atoms with van der Waals surface area (Å²) in [6.07, 6.45) is -1.06. The summed E-state index contributed by atoms with van der Waals surface area (Å²) in [7, 11) is 0. The van der Waals surface area contributed by atoms with Crippen molar-refractivity contribution in [2.45, 2.75) is 45.5 Å². The Bertz CT molecular complexity index is 1200. The third-order valence-corrected chi connectivity index (χ3v) is 5.75. The van der Waals surface area contributed by atoms with Crippen molar-refractivity contribution in [3.05, 3.63) is 82.7 Å². The Kier molecular flexibility index (Phi) is 6.45. The number of halogens is 3. The van der Waals surface area contributed by atoms with Gasteiger partial charge in [0.15, 0.2) is 0 Å². The van der Waals surface area contributed by atoms with E-state index >= 15 is 0 Å². The molecule has 9 heteroatoms. The van der Waals surface area contributed by atoms with Gasteiger partial charge in [0.25, 0.3) is 11.8 Å². The maximum absolute atomic E-state index is 13.4. The lowest BCUT2D eigenvalue weighted by Crippen LogP contribution is -2.34. The van der Waals surface area contributed by atoms with Gasteiger partial charge in [0.2, 0.25) is 0 Å². The Labute approximate surface area is 195 Å². The zero-order chi connectivity index (χ0) is 24.5. The Morgan fingerprint density at radius 2 is 1.82 bits per heavy atom. The molecule has 1 N–H and O–H groups in total. The number of benzene rings is 2. The van der Waals surface area contributed by atoms with Crippen molar-refractivity contribution in [3.63, 3.8) is 0 Å². The molecular formula is C25H25F3N4O2. The van der Waals surface area contributed by atoms with Gasteiger partial charge in [-0.15, -0.1) is 0 Å². The Morgan fingerprint density at radius 1 is 1.12 bits per heavy atom. The fourth-order valence-corrected chi connectivity index (χ4v) is 3.79. The first-order valence-corrected chi connectivity index (χ1v) is 11.0. The monoisotopic (exact) mass is 470 g/mol. The molecule has 0 unspecified atom stereocenters. The first-order chi connectivity index (χ1) is 16.1. The quantitative estimate of drug-likeness (QED) is 0.550. The minimum Gasteiger partial charge on any atom is -0.343 e. The topological polar surface area (TPSA) is 67.2 Å². The first kappa shape index (κ1) is 23.5. The molecule has 4 rings (SSSR count). The van der Waals surface area contributed by atoms with Crippen LogP contribution < -0.4 is 5.32 Å². The summed E-state index contributed by atoms with van der Waals surface area (Å²) in [6, 6.07) is 14.3. The molecule has 1 fully saturated rings. The summed E-state index contributed by atoms with van der Waals surface area (Å²) in [4.78, 5) is 27.1. The van der Waals surface area contributed by atoms with Gasteiger partial charge in [0.1, 0.15) is 6.54 Å². The molecule has 1 aliphatic carbocycles. The molecule has 6 nitrogen and oxygen atoms in total. The van der Waals surface area contributed by atoms with Crippen molar-refractivity contribution in [1.82, 2.24) is 20.0 Å². The molecule has 0 aliphatic heterocycles. The van der Waals surface area contributed by atoms with E-state index in [1.54, 1.807) is 27.9 Å². The van der Waals surface area contributed by atoms with E-state index in [4.69, 9.17) is 0 Å². The normalized spacial score (nSPS) is 13.6. The molecule has 34 heavy (non-hydrogen) atoms. The number of aromatic nitrogens is 2. The molecule has 3 aromatic rings. The molecule has 178 valence electrons. The highest BCUT2D eigenvalue weighted by Gasteiger charge is 2.34. The number of nitrogens with one attached hydrogen (secondary N) is 1. The van der Waals surface area contributed by atoms with Gasteiger partial charge in [-0.2, -0.15) is 18.3 Å². The summed E-state index contributed by atoms with van der Waals surface area (Å²) in [6.45, 7) is 2.81. The van der Waals surface area contributed by atoms with Crippen LogP contribution in [0.3, 0.4) is 0 Å². The van der Waals surface area contributed by atoms with Crippen molar-refractivity contribution in [2.24, 2.45) is 0 Å². The van der Waals surface area contributed by atoms with Crippen LogP contribution >= 0.6 is 0 Å². The van der Waals surface area contributed by atoms with E-state index in [-0.39, 0.29) is 17.5 Å². The number of aryl methyl sites for hydroxylation is 1. The second-order valence-corrected chi connectivity index (χ2v) is 8.55. The van der Waals surface area contributed by atoms with Crippen LogP contribution in [-0.2, 0) is 6.54 Å². The van der Waals surface area contributed by atoms with Crippen molar-refractivity contribution < 1.29 is 22.8 Å². The Hall–Kier alpha value is -3.62. The van der Waals surface area contributed by atoms with Gasteiger partial charge in [-0.1, -0.05) is 24.3 Å². The second-order valence-electron chi connectivity index (χ2n) is 8.55. The lowest BCUT2D eigenvalue weighted by atomic mass is 10.1. The molecule has 2 aromatic carbocycles. The van der Waals surface area contributed by atoms with Crippen LogP contribution in [0.5, 0.6) is 0 Å². The standard InChI is InChI=1S/C25H25F3N4O2/c1-16-4-3-5-21(12-16)32-17(2)22(13-30-32)24(34)31(20-10-11-20)14-18-6-8-19(9-7-18)23(33)29-15-25(26,27)28/h3-9,12-13,20H,10-11,14-15H2,1-2H3,(H,29,33). The van der Waals surface area contributed by atoms with Crippen LogP contribution in [-0.4, -0.2) is 45.3 Å². The molecule has 0 atom stereocenters. The van der Waals surface area contributed by atoms with E-state index in [9.17, 15) is 22.8 Å². The first-order valence-electron chi connectivity index (χ1n) is 11.0. The zero-order valence-corrected chi connectivity index (χ0v) is 18.9. The number of hydrogen-bond acceptors (Lipinski definition) is 3. The number of nitrogens with zero attached hydrogens (tertiary/aromatic N) is 3. The number of rotatable bonds is 7. The summed E-state index contributed by atoms with van der Waals surface area (Å²) in [5, 5.41) is 6.28. The van der Waals surface area contributed by atoms with Crippen LogP contribution in [0.25, 0.3) is 5.69 Å². The van der Waals surface area contributed by atoms with Gasteiger partial charge in [0.05, 0.1) is 23.1 Å². The number of carbonyl (C=O) groups excluding carboxylic acids is 2. The smallest absolute Gasteiger partial charge is 0.343 e. The van der Waals surface area contributed by atoms with Gasteiger partial charge in [-0.05, 0) is 62.1 Å². The fourth-order valence-electron chi connectivity index (χ4n) is 3.79. The lowest BCUT2D eigenvalue weighted by Gasteiger charge is -2.22.